The van der Waals surface area contributed by atoms with Gasteiger partial charge in [0.25, 0.3) is 11.6 Å². The van der Waals surface area contributed by atoms with Crippen molar-refractivity contribution in [3.8, 4) is 0 Å². The van der Waals surface area contributed by atoms with Crippen LogP contribution in [0, 0.1) is 17.0 Å². The van der Waals surface area contributed by atoms with Crippen LogP contribution in [0.4, 0.5) is 11.4 Å². The maximum Gasteiger partial charge on any atom is 0.282 e. The molecule has 1 amide bonds. The van der Waals surface area contributed by atoms with Gasteiger partial charge in [0.15, 0.2) is 0 Å². The molecule has 0 spiro atoms. The number of carbonyl (C=O) groups is 1. The van der Waals surface area contributed by atoms with Crippen LogP contribution >= 0.6 is 0 Å². The fourth-order valence-corrected chi connectivity index (χ4v) is 1.83. The van der Waals surface area contributed by atoms with Gasteiger partial charge in [-0.05, 0) is 31.2 Å². The predicted molar refractivity (Wildman–Crippen MR) is 78.1 cm³/mol. The maximum atomic E-state index is 12.4. The first-order valence-electron chi connectivity index (χ1n) is 6.22. The van der Waals surface area contributed by atoms with E-state index in [1.165, 1.54) is 31.4 Å². The minimum Gasteiger partial charge on any atom is -0.269 e. The van der Waals surface area contributed by atoms with E-state index in [-0.39, 0.29) is 5.69 Å². The highest BCUT2D eigenvalue weighted by Crippen LogP contribution is 2.19. The Bertz CT molecular complexity index is 650. The molecular weight excluding hydrogens is 272 g/mol. The molecule has 2 rings (SSSR count). The van der Waals surface area contributed by atoms with Gasteiger partial charge in [-0.15, -0.1) is 0 Å². The number of anilines is 1. The van der Waals surface area contributed by atoms with Gasteiger partial charge in [-0.2, -0.15) is 5.06 Å². The molecule has 0 aliphatic rings. The van der Waals surface area contributed by atoms with Gasteiger partial charge in [-0.3, -0.25) is 19.7 Å². The lowest BCUT2D eigenvalue weighted by atomic mass is 10.1. The molecule has 0 unspecified atom stereocenters. The van der Waals surface area contributed by atoms with Crippen LogP contribution in [0.25, 0.3) is 0 Å². The molecule has 108 valence electrons. The second kappa shape index (κ2) is 6.15. The van der Waals surface area contributed by atoms with Crippen LogP contribution in [0.3, 0.4) is 0 Å². The van der Waals surface area contributed by atoms with Crippen molar-refractivity contribution in [3.05, 3.63) is 69.8 Å². The number of hydrogen-bond acceptors (Lipinski definition) is 4. The first kappa shape index (κ1) is 14.7. The van der Waals surface area contributed by atoms with Gasteiger partial charge in [-0.25, -0.2) is 0 Å². The maximum absolute atomic E-state index is 12.4. The summed E-state index contributed by atoms with van der Waals surface area (Å²) in [4.78, 5) is 27.6. The van der Waals surface area contributed by atoms with Gasteiger partial charge in [0.2, 0.25) is 0 Å². The summed E-state index contributed by atoms with van der Waals surface area (Å²) in [6.45, 7) is 1.94. The van der Waals surface area contributed by atoms with Crippen LogP contribution in [0.5, 0.6) is 0 Å². The van der Waals surface area contributed by atoms with Crippen LogP contribution in [0.2, 0.25) is 0 Å². The van der Waals surface area contributed by atoms with Crippen LogP contribution < -0.4 is 5.06 Å². The van der Waals surface area contributed by atoms with Gasteiger partial charge < -0.3 is 0 Å². The smallest absolute Gasteiger partial charge is 0.269 e. The topological polar surface area (TPSA) is 72.7 Å². The van der Waals surface area contributed by atoms with Crippen LogP contribution in [-0.4, -0.2) is 17.9 Å². The number of nitro groups is 1. The minimum atomic E-state index is -0.512. The van der Waals surface area contributed by atoms with Crippen LogP contribution in [0.1, 0.15) is 15.9 Å². The number of hydrogen-bond donors (Lipinski definition) is 0. The number of amides is 1. The fraction of sp³-hybridized carbons (Fsp3) is 0.133. The van der Waals surface area contributed by atoms with E-state index in [4.69, 9.17) is 4.84 Å². The number of benzene rings is 2. The van der Waals surface area contributed by atoms with Gasteiger partial charge in [0, 0.05) is 17.7 Å². The molecule has 0 saturated heterocycles. The molecule has 0 aliphatic heterocycles. The molecule has 0 bridgehead atoms. The van der Waals surface area contributed by atoms with Crippen LogP contribution in [0.15, 0.2) is 48.5 Å². The quantitative estimate of drug-likeness (QED) is 0.639. The summed E-state index contributed by atoms with van der Waals surface area (Å²) in [6.07, 6.45) is 0. The number of nitro benzene ring substituents is 1. The van der Waals surface area contributed by atoms with Crippen molar-refractivity contribution in [3.63, 3.8) is 0 Å². The molecule has 0 N–H and O–H groups in total. The highest BCUT2D eigenvalue weighted by molar-refractivity contribution is 6.04. The number of non-ortho nitro benzene ring substituents is 1. The van der Waals surface area contributed by atoms with E-state index in [2.05, 4.69) is 0 Å². The highest BCUT2D eigenvalue weighted by Gasteiger charge is 2.18. The van der Waals surface area contributed by atoms with Crippen molar-refractivity contribution >= 4 is 17.3 Å². The number of hydroxylamine groups is 1. The molecule has 0 fully saturated rings. The first-order chi connectivity index (χ1) is 10.0. The number of rotatable bonds is 4. The summed E-state index contributed by atoms with van der Waals surface area (Å²) in [5.41, 5.74) is 1.90. The van der Waals surface area contributed by atoms with Gasteiger partial charge in [-0.1, -0.05) is 17.7 Å². The molecule has 6 nitrogen and oxygen atoms in total. The Balaban J connectivity index is 2.27. The Morgan fingerprint density at radius 1 is 1.10 bits per heavy atom. The molecule has 6 heteroatoms. The Labute approximate surface area is 121 Å². The Kier molecular flexibility index (Phi) is 4.30. The molecule has 0 aliphatic carbocycles. The molecule has 0 aromatic heterocycles. The van der Waals surface area contributed by atoms with Crippen molar-refractivity contribution in [1.82, 2.24) is 0 Å². The number of carbonyl (C=O) groups excluding carboxylic acids is 1. The van der Waals surface area contributed by atoms with E-state index in [1.807, 2.05) is 19.1 Å². The number of nitrogens with zero attached hydrogens (tertiary/aromatic N) is 2. The minimum absolute atomic E-state index is 0.0640. The third-order valence-corrected chi connectivity index (χ3v) is 2.96. The standard InChI is InChI=1S/C15H14N2O4/c1-11-3-7-13(8-4-11)16(21-2)15(18)12-5-9-14(10-6-12)17(19)20/h3-10H,1-2H3. The Morgan fingerprint density at radius 2 is 1.67 bits per heavy atom. The molecular formula is C15H14N2O4. The van der Waals surface area contributed by atoms with E-state index in [0.717, 1.165) is 10.6 Å². The lowest BCUT2D eigenvalue weighted by Crippen LogP contribution is -2.29. The third kappa shape index (κ3) is 3.24. The molecule has 2 aromatic rings. The highest BCUT2D eigenvalue weighted by atomic mass is 16.7. The van der Waals surface area contributed by atoms with E-state index in [0.29, 0.717) is 11.3 Å². The van der Waals surface area contributed by atoms with Gasteiger partial charge >= 0.3 is 0 Å². The second-order valence-corrected chi connectivity index (χ2v) is 4.42. The second-order valence-electron chi connectivity index (χ2n) is 4.42. The van der Waals surface area contributed by atoms with Gasteiger partial charge in [0.1, 0.15) is 0 Å². The average Bonchev–Trinajstić information content (AvgIpc) is 2.50. The SMILES string of the molecule is CON(C(=O)c1ccc([N+](=O)[O-])cc1)c1ccc(C)cc1. The fourth-order valence-electron chi connectivity index (χ4n) is 1.83. The lowest BCUT2D eigenvalue weighted by Gasteiger charge is -2.19. The van der Waals surface area contributed by atoms with E-state index in [1.54, 1.807) is 12.1 Å². The summed E-state index contributed by atoms with van der Waals surface area (Å²) < 4.78 is 0. The third-order valence-electron chi connectivity index (χ3n) is 2.96. The van der Waals surface area contributed by atoms with Crippen molar-refractivity contribution < 1.29 is 14.6 Å². The first-order valence-corrected chi connectivity index (χ1v) is 6.22. The van der Waals surface area contributed by atoms with Gasteiger partial charge in [0.05, 0.1) is 17.7 Å². The van der Waals surface area contributed by atoms with Crippen molar-refractivity contribution in [1.29, 1.82) is 0 Å². The predicted octanol–water partition coefficient (Wildman–Crippen LogP) is 3.11. The largest absolute Gasteiger partial charge is 0.282 e. The number of aryl methyl sites for hydroxylation is 1. The molecule has 0 saturated carbocycles. The van der Waals surface area contributed by atoms with Crippen molar-refractivity contribution in [2.45, 2.75) is 6.92 Å². The lowest BCUT2D eigenvalue weighted by molar-refractivity contribution is -0.384. The summed E-state index contributed by atoms with van der Waals surface area (Å²) in [6, 6.07) is 12.6. The monoisotopic (exact) mass is 286 g/mol. The zero-order valence-electron chi connectivity index (χ0n) is 11.6. The summed E-state index contributed by atoms with van der Waals surface area (Å²) in [5, 5.41) is 11.8. The molecule has 0 heterocycles. The van der Waals surface area contributed by atoms with Crippen molar-refractivity contribution in [2.24, 2.45) is 0 Å². The molecule has 21 heavy (non-hydrogen) atoms. The normalized spacial score (nSPS) is 10.2. The van der Waals surface area contributed by atoms with Crippen molar-refractivity contribution in [2.75, 3.05) is 12.2 Å². The summed E-state index contributed by atoms with van der Waals surface area (Å²) >= 11 is 0. The van der Waals surface area contributed by atoms with E-state index >= 15 is 0 Å². The van der Waals surface area contributed by atoms with E-state index < -0.39 is 10.8 Å². The average molecular weight is 286 g/mol. The van der Waals surface area contributed by atoms with E-state index in [9.17, 15) is 14.9 Å². The zero-order chi connectivity index (χ0) is 15.4. The molecule has 0 radical (unpaired) electrons. The summed E-state index contributed by atoms with van der Waals surface area (Å²) in [5.74, 6) is -0.392. The Hall–Kier alpha value is -2.73. The Morgan fingerprint density at radius 3 is 2.14 bits per heavy atom. The van der Waals surface area contributed by atoms with Crippen LogP contribution in [-0.2, 0) is 4.84 Å². The molecule has 0 atom stereocenters. The molecule has 2 aromatic carbocycles. The summed E-state index contributed by atoms with van der Waals surface area (Å²) in [7, 11) is 1.39. The zero-order valence-corrected chi connectivity index (χ0v) is 11.6.